The summed E-state index contributed by atoms with van der Waals surface area (Å²) in [5.74, 6) is 0.575. The fraction of sp³-hybridized carbons (Fsp3) is 0.409. The van der Waals surface area contributed by atoms with Gasteiger partial charge in [0.1, 0.15) is 23.4 Å². The second-order valence-electron chi connectivity index (χ2n) is 8.59. The molecule has 1 amide bonds. The van der Waals surface area contributed by atoms with Gasteiger partial charge in [0, 0.05) is 24.5 Å². The zero-order valence-electron chi connectivity index (χ0n) is 18.0. The molecular formula is C22H26N6O4S. The van der Waals surface area contributed by atoms with E-state index in [0.29, 0.717) is 50.4 Å². The van der Waals surface area contributed by atoms with Crippen LogP contribution in [0.2, 0.25) is 0 Å². The number of aromatic amines is 1. The molecule has 2 aliphatic rings. The van der Waals surface area contributed by atoms with E-state index in [1.165, 1.54) is 6.33 Å². The molecule has 0 unspecified atom stereocenters. The van der Waals surface area contributed by atoms with E-state index in [0.717, 1.165) is 22.5 Å². The van der Waals surface area contributed by atoms with Gasteiger partial charge in [0.25, 0.3) is 5.91 Å². The van der Waals surface area contributed by atoms with Crippen molar-refractivity contribution in [1.82, 2.24) is 20.3 Å². The second-order valence-corrected chi connectivity index (χ2v) is 10.9. The van der Waals surface area contributed by atoms with Gasteiger partial charge in [0.15, 0.2) is 9.84 Å². The van der Waals surface area contributed by atoms with E-state index >= 15 is 0 Å². The molecular weight excluding hydrogens is 444 g/mol. The van der Waals surface area contributed by atoms with E-state index in [2.05, 4.69) is 25.6 Å². The van der Waals surface area contributed by atoms with Crippen molar-refractivity contribution >= 4 is 38.3 Å². The quantitative estimate of drug-likeness (QED) is 0.441. The van der Waals surface area contributed by atoms with Gasteiger partial charge in [0.05, 0.1) is 16.9 Å². The number of benzene rings is 1. The number of aliphatic hydroxyl groups is 1. The molecule has 2 aliphatic heterocycles. The number of sulfone groups is 1. The summed E-state index contributed by atoms with van der Waals surface area (Å²) in [6, 6.07) is 9.32. The zero-order chi connectivity index (χ0) is 23.1. The number of carbonyl (C=O) groups excluding carboxylic acids is 1. The summed E-state index contributed by atoms with van der Waals surface area (Å²) >= 11 is 0. The Kier molecular flexibility index (Phi) is 5.55. The van der Waals surface area contributed by atoms with Crippen LogP contribution in [0.15, 0.2) is 36.7 Å². The van der Waals surface area contributed by atoms with Crippen molar-refractivity contribution in [2.45, 2.75) is 18.4 Å². The fourth-order valence-electron chi connectivity index (χ4n) is 4.31. The highest BCUT2D eigenvalue weighted by Crippen LogP contribution is 2.30. The number of hydrogen-bond acceptors (Lipinski definition) is 8. The van der Waals surface area contributed by atoms with Crippen LogP contribution in [0.1, 0.15) is 12.8 Å². The maximum atomic E-state index is 12.5. The van der Waals surface area contributed by atoms with E-state index in [4.69, 9.17) is 0 Å². The molecule has 4 heterocycles. The molecule has 1 aromatic carbocycles. The summed E-state index contributed by atoms with van der Waals surface area (Å²) in [4.78, 5) is 26.5. The number of amides is 1. The number of rotatable bonds is 4. The van der Waals surface area contributed by atoms with Gasteiger partial charge in [0.2, 0.25) is 0 Å². The van der Waals surface area contributed by atoms with Crippen LogP contribution in [0.25, 0.3) is 22.3 Å². The van der Waals surface area contributed by atoms with Gasteiger partial charge in [-0.05, 0) is 49.7 Å². The first-order chi connectivity index (χ1) is 15.8. The van der Waals surface area contributed by atoms with Gasteiger partial charge >= 0.3 is 0 Å². The smallest absolute Gasteiger partial charge is 0.256 e. The molecule has 174 valence electrons. The normalized spacial score (nSPS) is 20.0. The van der Waals surface area contributed by atoms with E-state index in [1.807, 2.05) is 23.1 Å². The zero-order valence-corrected chi connectivity index (χ0v) is 18.9. The second kappa shape index (κ2) is 8.40. The van der Waals surface area contributed by atoms with Crippen LogP contribution in [0.3, 0.4) is 0 Å². The third-order valence-electron chi connectivity index (χ3n) is 6.36. The summed E-state index contributed by atoms with van der Waals surface area (Å²) in [6.45, 7) is 2.04. The van der Waals surface area contributed by atoms with Gasteiger partial charge in [-0.15, -0.1) is 0 Å². The third-order valence-corrected chi connectivity index (χ3v) is 7.96. The Labute approximate surface area is 191 Å². The van der Waals surface area contributed by atoms with E-state index in [1.54, 1.807) is 12.1 Å². The number of nitrogens with one attached hydrogen (secondary N) is 3. The minimum atomic E-state index is -2.98. The standard InChI is InChI=1S/C22H26N6O4S/c29-21(22(30)5-7-23-8-6-22)26-16-3-1-15(2-4-16)18-13-17-19(27-18)24-14-25-20(17)28-9-11-33(31,32)12-10-28/h1-4,13-14,23,30H,5-12H2,(H,26,29)(H,24,25,27). The number of piperidine rings is 1. The predicted molar refractivity (Wildman–Crippen MR) is 126 cm³/mol. The highest BCUT2D eigenvalue weighted by atomic mass is 32.2. The first-order valence-corrected chi connectivity index (χ1v) is 12.8. The van der Waals surface area contributed by atoms with Crippen molar-refractivity contribution in [1.29, 1.82) is 0 Å². The Morgan fingerprint density at radius 3 is 2.48 bits per heavy atom. The number of carbonyl (C=O) groups is 1. The lowest BCUT2D eigenvalue weighted by atomic mass is 9.91. The van der Waals surface area contributed by atoms with Gasteiger partial charge in [-0.3, -0.25) is 4.79 Å². The van der Waals surface area contributed by atoms with Crippen LogP contribution in [-0.4, -0.2) is 77.7 Å². The van der Waals surface area contributed by atoms with E-state index in [9.17, 15) is 18.3 Å². The van der Waals surface area contributed by atoms with Crippen molar-refractivity contribution in [2.75, 3.05) is 47.9 Å². The highest BCUT2D eigenvalue weighted by molar-refractivity contribution is 7.91. The highest BCUT2D eigenvalue weighted by Gasteiger charge is 2.37. The Bertz CT molecular complexity index is 1270. The Hall–Kier alpha value is -3.02. The number of nitrogens with zero attached hydrogens (tertiary/aromatic N) is 3. The molecule has 0 atom stereocenters. The molecule has 2 saturated heterocycles. The van der Waals surface area contributed by atoms with Crippen LogP contribution >= 0.6 is 0 Å². The van der Waals surface area contributed by atoms with Crippen molar-refractivity contribution in [2.24, 2.45) is 0 Å². The number of H-pyrrole nitrogens is 1. The Morgan fingerprint density at radius 1 is 1.09 bits per heavy atom. The number of anilines is 2. The van der Waals surface area contributed by atoms with Crippen LogP contribution in [0, 0.1) is 0 Å². The molecule has 0 aliphatic carbocycles. The summed E-state index contributed by atoms with van der Waals surface area (Å²) in [6.07, 6.45) is 2.25. The molecule has 0 radical (unpaired) electrons. The fourth-order valence-corrected chi connectivity index (χ4v) is 5.51. The van der Waals surface area contributed by atoms with E-state index in [-0.39, 0.29) is 17.4 Å². The molecule has 0 bridgehead atoms. The summed E-state index contributed by atoms with van der Waals surface area (Å²) < 4.78 is 23.5. The SMILES string of the molecule is O=C(Nc1ccc(-c2cc3c(N4CCS(=O)(=O)CC4)ncnc3[nH]2)cc1)C1(O)CCNCC1. The molecule has 10 nitrogen and oxygen atoms in total. The molecule has 0 saturated carbocycles. The Morgan fingerprint density at radius 2 is 1.79 bits per heavy atom. The summed E-state index contributed by atoms with van der Waals surface area (Å²) in [5, 5.41) is 17.4. The van der Waals surface area contributed by atoms with Gasteiger partial charge < -0.3 is 25.6 Å². The van der Waals surface area contributed by atoms with Crippen molar-refractivity contribution in [3.8, 4) is 11.3 Å². The molecule has 4 N–H and O–H groups in total. The number of aromatic nitrogens is 3. The van der Waals surface area contributed by atoms with Crippen molar-refractivity contribution < 1.29 is 18.3 Å². The van der Waals surface area contributed by atoms with E-state index < -0.39 is 15.4 Å². The number of hydrogen-bond donors (Lipinski definition) is 4. The van der Waals surface area contributed by atoms with Crippen LogP contribution in [0.4, 0.5) is 11.5 Å². The largest absolute Gasteiger partial charge is 0.380 e. The average molecular weight is 471 g/mol. The van der Waals surface area contributed by atoms with Crippen LogP contribution < -0.4 is 15.5 Å². The topological polar surface area (TPSA) is 140 Å². The molecule has 11 heteroatoms. The molecule has 2 fully saturated rings. The maximum Gasteiger partial charge on any atom is 0.256 e. The molecule has 0 spiro atoms. The lowest BCUT2D eigenvalue weighted by Gasteiger charge is -2.31. The van der Waals surface area contributed by atoms with Gasteiger partial charge in [-0.2, -0.15) is 0 Å². The van der Waals surface area contributed by atoms with Crippen LogP contribution in [-0.2, 0) is 14.6 Å². The van der Waals surface area contributed by atoms with Crippen LogP contribution in [0.5, 0.6) is 0 Å². The Balaban J connectivity index is 1.35. The molecule has 5 rings (SSSR count). The van der Waals surface area contributed by atoms with Crippen molar-refractivity contribution in [3.05, 3.63) is 36.7 Å². The molecule has 33 heavy (non-hydrogen) atoms. The first-order valence-electron chi connectivity index (χ1n) is 11.0. The van der Waals surface area contributed by atoms with Gasteiger partial charge in [-0.1, -0.05) is 12.1 Å². The maximum absolute atomic E-state index is 12.5. The lowest BCUT2D eigenvalue weighted by molar-refractivity contribution is -0.136. The van der Waals surface area contributed by atoms with Crippen molar-refractivity contribution in [3.63, 3.8) is 0 Å². The summed E-state index contributed by atoms with van der Waals surface area (Å²) in [7, 11) is -2.98. The summed E-state index contributed by atoms with van der Waals surface area (Å²) in [5.41, 5.74) is 1.69. The predicted octanol–water partition coefficient (Wildman–Crippen LogP) is 0.913. The molecule has 2 aromatic heterocycles. The minimum Gasteiger partial charge on any atom is -0.380 e. The number of fused-ring (bicyclic) bond motifs is 1. The lowest BCUT2D eigenvalue weighted by Crippen LogP contribution is -2.50. The average Bonchev–Trinajstić information content (AvgIpc) is 3.25. The monoisotopic (exact) mass is 470 g/mol. The minimum absolute atomic E-state index is 0.120. The first kappa shape index (κ1) is 21.8. The van der Waals surface area contributed by atoms with Gasteiger partial charge in [-0.25, -0.2) is 18.4 Å². The molecule has 3 aromatic rings. The third kappa shape index (κ3) is 4.43.